The van der Waals surface area contributed by atoms with Crippen molar-refractivity contribution in [3.63, 3.8) is 0 Å². The number of carbonyl (C=O) groups is 2. The van der Waals surface area contributed by atoms with Gasteiger partial charge in [0, 0.05) is 6.08 Å². The molecule has 0 saturated heterocycles. The van der Waals surface area contributed by atoms with Crippen molar-refractivity contribution in [2.75, 3.05) is 0 Å². The second-order valence-corrected chi connectivity index (χ2v) is 4.47. The third-order valence-electron chi connectivity index (χ3n) is 1.71. The van der Waals surface area contributed by atoms with Crippen LogP contribution in [-0.2, 0) is 9.53 Å². The number of aldehydes is 1. The Morgan fingerprint density at radius 3 is 2.53 bits per heavy atom. The van der Waals surface area contributed by atoms with Crippen LogP contribution in [0.15, 0.2) is 24.3 Å². The van der Waals surface area contributed by atoms with Gasteiger partial charge >= 0.3 is 5.97 Å². The van der Waals surface area contributed by atoms with Gasteiger partial charge in [0.25, 0.3) is 0 Å². The van der Waals surface area contributed by atoms with E-state index in [0.717, 1.165) is 0 Å². The Balaban J connectivity index is 2.70. The fourth-order valence-electron chi connectivity index (χ4n) is 1.12. The molecule has 0 aliphatic carbocycles. The third kappa shape index (κ3) is 5.06. The van der Waals surface area contributed by atoms with Crippen LogP contribution in [0.4, 0.5) is 0 Å². The van der Waals surface area contributed by atoms with E-state index in [1.54, 1.807) is 39.0 Å². The fourth-order valence-corrected chi connectivity index (χ4v) is 1.12. The van der Waals surface area contributed by atoms with E-state index in [4.69, 9.17) is 4.74 Å². The van der Waals surface area contributed by atoms with Crippen LogP contribution in [0.1, 0.15) is 37.0 Å². The lowest BCUT2D eigenvalue weighted by atomic mass is 10.2. The van der Waals surface area contributed by atoms with Gasteiger partial charge in [-0.1, -0.05) is 6.07 Å². The van der Waals surface area contributed by atoms with E-state index in [0.29, 0.717) is 17.7 Å². The number of aromatic nitrogens is 1. The molecule has 0 bridgehead atoms. The van der Waals surface area contributed by atoms with Crippen LogP contribution in [0.3, 0.4) is 0 Å². The highest BCUT2D eigenvalue weighted by Crippen LogP contribution is 2.08. The zero-order valence-electron chi connectivity index (χ0n) is 10.1. The average molecular weight is 233 g/mol. The molecule has 0 spiro atoms. The number of carbonyl (C=O) groups excluding carboxylic acids is 2. The molecule has 0 atom stereocenters. The Kier molecular flexibility index (Phi) is 4.15. The Morgan fingerprint density at radius 1 is 1.29 bits per heavy atom. The lowest BCUT2D eigenvalue weighted by molar-refractivity contribution is -0.148. The van der Waals surface area contributed by atoms with Crippen LogP contribution in [0, 0.1) is 0 Å². The zero-order chi connectivity index (χ0) is 12.9. The van der Waals surface area contributed by atoms with Crippen LogP contribution in [0.5, 0.6) is 0 Å². The molecular weight excluding hydrogens is 218 g/mol. The summed E-state index contributed by atoms with van der Waals surface area (Å²) in [6, 6.07) is 5.00. The van der Waals surface area contributed by atoms with Crippen molar-refractivity contribution in [2.45, 2.75) is 26.4 Å². The lowest BCUT2D eigenvalue weighted by Crippen LogP contribution is -2.22. The van der Waals surface area contributed by atoms with Crippen LogP contribution in [0.25, 0.3) is 6.08 Å². The van der Waals surface area contributed by atoms with Gasteiger partial charge in [0.1, 0.15) is 11.3 Å². The van der Waals surface area contributed by atoms with Gasteiger partial charge in [0.15, 0.2) is 6.29 Å². The van der Waals surface area contributed by atoms with Crippen LogP contribution in [0.2, 0.25) is 0 Å². The molecule has 1 aromatic heterocycles. The number of nitrogens with zero attached hydrogens (tertiary/aromatic N) is 1. The molecule has 1 rings (SSSR count). The Labute approximate surface area is 100 Å². The molecule has 17 heavy (non-hydrogen) atoms. The largest absolute Gasteiger partial charge is 0.457 e. The molecule has 0 saturated carbocycles. The van der Waals surface area contributed by atoms with Crippen LogP contribution >= 0.6 is 0 Å². The van der Waals surface area contributed by atoms with Crippen molar-refractivity contribution in [1.82, 2.24) is 4.98 Å². The predicted octanol–water partition coefficient (Wildman–Crippen LogP) is 2.25. The Morgan fingerprint density at radius 2 is 1.94 bits per heavy atom. The summed E-state index contributed by atoms with van der Waals surface area (Å²) in [6.07, 6.45) is 3.47. The highest BCUT2D eigenvalue weighted by molar-refractivity contribution is 5.87. The van der Waals surface area contributed by atoms with Crippen molar-refractivity contribution in [2.24, 2.45) is 0 Å². The summed E-state index contributed by atoms with van der Waals surface area (Å²) in [4.78, 5) is 25.9. The van der Waals surface area contributed by atoms with Crippen molar-refractivity contribution in [1.29, 1.82) is 0 Å². The van der Waals surface area contributed by atoms with Crippen LogP contribution < -0.4 is 0 Å². The van der Waals surface area contributed by atoms with Gasteiger partial charge in [-0.25, -0.2) is 9.78 Å². The van der Waals surface area contributed by atoms with Crippen molar-refractivity contribution in [3.8, 4) is 0 Å². The summed E-state index contributed by atoms with van der Waals surface area (Å²) < 4.78 is 5.09. The smallest absolute Gasteiger partial charge is 0.331 e. The van der Waals surface area contributed by atoms with Gasteiger partial charge in [-0.3, -0.25) is 4.79 Å². The number of hydrogen-bond acceptors (Lipinski definition) is 4. The molecule has 0 radical (unpaired) electrons. The fraction of sp³-hybridized carbons (Fsp3) is 0.308. The number of ether oxygens (including phenoxy) is 1. The van der Waals surface area contributed by atoms with Crippen molar-refractivity contribution in [3.05, 3.63) is 35.7 Å². The predicted molar refractivity (Wildman–Crippen MR) is 64.5 cm³/mol. The lowest BCUT2D eigenvalue weighted by Gasteiger charge is -2.17. The molecule has 0 aromatic carbocycles. The second kappa shape index (κ2) is 5.39. The van der Waals surface area contributed by atoms with Gasteiger partial charge in [-0.2, -0.15) is 0 Å². The van der Waals surface area contributed by atoms with E-state index in [2.05, 4.69) is 4.98 Å². The first-order chi connectivity index (χ1) is 7.90. The van der Waals surface area contributed by atoms with Gasteiger partial charge in [0.05, 0.1) is 5.69 Å². The molecule has 0 N–H and O–H groups in total. The molecule has 4 heteroatoms. The van der Waals surface area contributed by atoms with E-state index in [9.17, 15) is 9.59 Å². The topological polar surface area (TPSA) is 56.3 Å². The minimum Gasteiger partial charge on any atom is -0.457 e. The van der Waals surface area contributed by atoms with Crippen molar-refractivity contribution >= 4 is 18.3 Å². The Hall–Kier alpha value is -1.97. The van der Waals surface area contributed by atoms with E-state index in [-0.39, 0.29) is 0 Å². The normalized spacial score (nSPS) is 11.5. The van der Waals surface area contributed by atoms with Gasteiger partial charge in [-0.15, -0.1) is 0 Å². The molecule has 4 nitrogen and oxygen atoms in total. The summed E-state index contributed by atoms with van der Waals surface area (Å²) >= 11 is 0. The molecule has 0 unspecified atom stereocenters. The number of esters is 1. The first kappa shape index (κ1) is 13.1. The molecule has 0 aliphatic heterocycles. The first-order valence-corrected chi connectivity index (χ1v) is 5.24. The van der Waals surface area contributed by atoms with E-state index < -0.39 is 11.6 Å². The molecule has 1 heterocycles. The average Bonchev–Trinajstić information content (AvgIpc) is 2.24. The van der Waals surface area contributed by atoms with E-state index in [1.165, 1.54) is 12.2 Å². The number of pyridine rings is 1. The maximum Gasteiger partial charge on any atom is 0.331 e. The zero-order valence-corrected chi connectivity index (χ0v) is 10.1. The van der Waals surface area contributed by atoms with E-state index >= 15 is 0 Å². The quantitative estimate of drug-likeness (QED) is 0.456. The number of hydrogen-bond donors (Lipinski definition) is 0. The molecule has 0 amide bonds. The second-order valence-electron chi connectivity index (χ2n) is 4.47. The SMILES string of the molecule is CC(C)(C)OC(=O)/C=C/c1cccc(C=O)n1. The Bertz CT molecular complexity index is 444. The highest BCUT2D eigenvalue weighted by atomic mass is 16.6. The molecule has 0 aliphatic rings. The molecular formula is C13H15NO3. The van der Waals surface area contributed by atoms with Gasteiger partial charge in [0.2, 0.25) is 0 Å². The summed E-state index contributed by atoms with van der Waals surface area (Å²) in [7, 11) is 0. The molecule has 90 valence electrons. The summed E-state index contributed by atoms with van der Waals surface area (Å²) in [5, 5.41) is 0. The highest BCUT2D eigenvalue weighted by Gasteiger charge is 2.13. The summed E-state index contributed by atoms with van der Waals surface area (Å²) in [5.41, 5.74) is 0.358. The third-order valence-corrected chi connectivity index (χ3v) is 1.71. The summed E-state index contributed by atoms with van der Waals surface area (Å²) in [5.74, 6) is -0.434. The van der Waals surface area contributed by atoms with Crippen LogP contribution in [-0.4, -0.2) is 22.8 Å². The van der Waals surface area contributed by atoms with E-state index in [1.807, 2.05) is 0 Å². The number of rotatable bonds is 3. The standard InChI is InChI=1S/C13H15NO3/c1-13(2,3)17-12(16)8-7-10-5-4-6-11(9-15)14-10/h4-9H,1-3H3/b8-7+. The maximum atomic E-state index is 11.4. The maximum absolute atomic E-state index is 11.4. The minimum atomic E-state index is -0.514. The molecule has 0 fully saturated rings. The molecule has 1 aromatic rings. The van der Waals surface area contributed by atoms with Gasteiger partial charge in [-0.05, 0) is 39.0 Å². The first-order valence-electron chi connectivity index (χ1n) is 5.24. The summed E-state index contributed by atoms with van der Waals surface area (Å²) in [6.45, 7) is 5.39. The van der Waals surface area contributed by atoms with Gasteiger partial charge < -0.3 is 4.74 Å². The minimum absolute atomic E-state index is 0.330. The monoisotopic (exact) mass is 233 g/mol. The van der Waals surface area contributed by atoms with Crippen molar-refractivity contribution < 1.29 is 14.3 Å².